The maximum Gasteiger partial charge on any atom is 0.158 e. The zero-order chi connectivity index (χ0) is 22.1. The topological polar surface area (TPSA) is 100 Å². The van der Waals surface area contributed by atoms with Crippen molar-refractivity contribution in [3.8, 4) is 29.0 Å². The predicted molar refractivity (Wildman–Crippen MR) is 123 cm³/mol. The summed E-state index contributed by atoms with van der Waals surface area (Å²) < 4.78 is 7.53. The first-order chi connectivity index (χ1) is 15.7. The lowest BCUT2D eigenvalue weighted by atomic mass is 9.96. The number of para-hydroxylation sites is 2. The molecule has 0 saturated carbocycles. The van der Waals surface area contributed by atoms with Crippen molar-refractivity contribution in [3.63, 3.8) is 0 Å². The second-order valence-corrected chi connectivity index (χ2v) is 7.29. The molecule has 32 heavy (non-hydrogen) atoms. The fourth-order valence-electron chi connectivity index (χ4n) is 3.88. The number of hydrogen-bond donors (Lipinski definition) is 1. The number of rotatable bonds is 4. The smallest absolute Gasteiger partial charge is 0.158 e. The first kappa shape index (κ1) is 19.2. The van der Waals surface area contributed by atoms with Crippen LogP contribution in [-0.4, -0.2) is 9.38 Å². The Balaban J connectivity index is 1.61. The summed E-state index contributed by atoms with van der Waals surface area (Å²) in [4.78, 5) is 4.62. The van der Waals surface area contributed by atoms with E-state index in [0.717, 1.165) is 11.1 Å². The molecule has 0 unspecified atom stereocenters. The number of nitrogens with two attached hydrogens (primary N) is 1. The Labute approximate surface area is 184 Å². The fourth-order valence-corrected chi connectivity index (χ4v) is 3.88. The van der Waals surface area contributed by atoms with Crippen LogP contribution in [0.25, 0.3) is 27.8 Å². The largest absolute Gasteiger partial charge is 0.489 e. The highest BCUT2D eigenvalue weighted by molar-refractivity contribution is 5.92. The molecule has 0 amide bonds. The number of ether oxygens (including phenoxy) is 1. The van der Waals surface area contributed by atoms with Gasteiger partial charge in [-0.3, -0.25) is 4.40 Å². The van der Waals surface area contributed by atoms with Gasteiger partial charge in [0.05, 0.1) is 11.0 Å². The summed E-state index contributed by atoms with van der Waals surface area (Å²) in [6.07, 6.45) is 0. The molecular weight excluding hydrogens is 398 g/mol. The molecule has 5 rings (SSSR count). The molecule has 0 aliphatic carbocycles. The van der Waals surface area contributed by atoms with Gasteiger partial charge in [0.15, 0.2) is 5.65 Å². The quantitative estimate of drug-likeness (QED) is 0.442. The van der Waals surface area contributed by atoms with Gasteiger partial charge in [0, 0.05) is 5.56 Å². The van der Waals surface area contributed by atoms with Crippen molar-refractivity contribution < 1.29 is 4.74 Å². The Kier molecular flexibility index (Phi) is 4.67. The van der Waals surface area contributed by atoms with E-state index in [9.17, 15) is 10.5 Å². The van der Waals surface area contributed by atoms with Crippen LogP contribution >= 0.6 is 0 Å². The summed E-state index contributed by atoms with van der Waals surface area (Å²) >= 11 is 0. The fraction of sp³-hybridized carbons (Fsp3) is 0.0385. The number of aromatic nitrogens is 2. The van der Waals surface area contributed by atoms with Crippen LogP contribution in [0.5, 0.6) is 5.75 Å². The van der Waals surface area contributed by atoms with Crippen molar-refractivity contribution >= 4 is 22.5 Å². The Hall–Kier alpha value is -4.81. The van der Waals surface area contributed by atoms with Gasteiger partial charge in [-0.15, -0.1) is 0 Å². The van der Waals surface area contributed by atoms with E-state index in [0.29, 0.717) is 40.2 Å². The molecule has 0 aliphatic rings. The standard InChI is InChI=1S/C26H17N5O/c27-14-20-24(18-10-12-19(13-11-18)32-16-17-6-2-1-3-7-17)21(15-28)26-30-22-8-4-5-9-23(22)31(26)25(20)29/h1-13H,16,29H2. The maximum atomic E-state index is 10.0. The first-order valence-electron chi connectivity index (χ1n) is 10.0. The van der Waals surface area contributed by atoms with Crippen LogP contribution in [0.1, 0.15) is 16.7 Å². The number of fused-ring (bicyclic) bond motifs is 3. The predicted octanol–water partition coefficient (Wildman–Crippen LogP) is 5.06. The van der Waals surface area contributed by atoms with Crippen LogP contribution < -0.4 is 10.5 Å². The lowest BCUT2D eigenvalue weighted by molar-refractivity contribution is 0.306. The third-order valence-electron chi connectivity index (χ3n) is 5.40. The van der Waals surface area contributed by atoms with Gasteiger partial charge in [-0.05, 0) is 35.4 Å². The Morgan fingerprint density at radius 2 is 1.53 bits per heavy atom. The highest BCUT2D eigenvalue weighted by Crippen LogP contribution is 2.36. The minimum Gasteiger partial charge on any atom is -0.489 e. The van der Waals surface area contributed by atoms with E-state index in [1.807, 2.05) is 78.9 Å². The number of pyridine rings is 1. The molecule has 2 heterocycles. The van der Waals surface area contributed by atoms with Crippen molar-refractivity contribution in [1.29, 1.82) is 10.5 Å². The number of benzene rings is 3. The van der Waals surface area contributed by atoms with Gasteiger partial charge in [0.25, 0.3) is 0 Å². The minimum absolute atomic E-state index is 0.246. The number of nitrogens with zero attached hydrogens (tertiary/aromatic N) is 4. The zero-order valence-corrected chi connectivity index (χ0v) is 17.0. The molecule has 6 heteroatoms. The Bertz CT molecular complexity index is 1540. The molecule has 2 aromatic heterocycles. The summed E-state index contributed by atoms with van der Waals surface area (Å²) in [5.74, 6) is 0.949. The van der Waals surface area contributed by atoms with Gasteiger partial charge in [0.2, 0.25) is 0 Å². The molecule has 0 bridgehead atoms. The molecule has 0 saturated heterocycles. The van der Waals surface area contributed by atoms with E-state index in [4.69, 9.17) is 10.5 Å². The highest BCUT2D eigenvalue weighted by Gasteiger charge is 2.22. The maximum absolute atomic E-state index is 10.0. The van der Waals surface area contributed by atoms with E-state index >= 15 is 0 Å². The summed E-state index contributed by atoms with van der Waals surface area (Å²) in [6.45, 7) is 0.451. The van der Waals surface area contributed by atoms with Crippen LogP contribution in [0.4, 0.5) is 5.82 Å². The molecule has 0 atom stereocenters. The highest BCUT2D eigenvalue weighted by atomic mass is 16.5. The van der Waals surface area contributed by atoms with Crippen molar-refractivity contribution in [3.05, 3.63) is 95.6 Å². The van der Waals surface area contributed by atoms with Crippen molar-refractivity contribution in [2.24, 2.45) is 0 Å². The summed E-state index contributed by atoms with van der Waals surface area (Å²) in [5, 5.41) is 19.9. The van der Waals surface area contributed by atoms with Gasteiger partial charge in [-0.2, -0.15) is 10.5 Å². The van der Waals surface area contributed by atoms with Crippen LogP contribution in [0, 0.1) is 22.7 Å². The number of nitrogen functional groups attached to an aromatic ring is 1. The number of anilines is 1. The molecule has 6 nitrogen and oxygen atoms in total. The first-order valence-corrected chi connectivity index (χ1v) is 10.0. The molecule has 0 aliphatic heterocycles. The van der Waals surface area contributed by atoms with Crippen molar-refractivity contribution in [2.75, 3.05) is 5.73 Å². The van der Waals surface area contributed by atoms with E-state index in [-0.39, 0.29) is 11.4 Å². The average molecular weight is 415 g/mol. The zero-order valence-electron chi connectivity index (χ0n) is 17.0. The molecule has 0 fully saturated rings. The van der Waals surface area contributed by atoms with Gasteiger partial charge >= 0.3 is 0 Å². The lowest BCUT2D eigenvalue weighted by Crippen LogP contribution is -2.05. The normalized spacial score (nSPS) is 10.7. The molecule has 3 aromatic carbocycles. The number of imidazole rings is 1. The minimum atomic E-state index is 0.246. The Morgan fingerprint density at radius 1 is 0.844 bits per heavy atom. The van der Waals surface area contributed by atoms with Crippen LogP contribution in [-0.2, 0) is 6.61 Å². The van der Waals surface area contributed by atoms with Gasteiger partial charge in [0.1, 0.15) is 41.4 Å². The third kappa shape index (κ3) is 3.08. The summed E-state index contributed by atoms with van der Waals surface area (Å²) in [6, 6.07) is 29.1. The van der Waals surface area contributed by atoms with Gasteiger partial charge < -0.3 is 10.5 Å². The molecule has 5 aromatic rings. The number of hydrogen-bond acceptors (Lipinski definition) is 5. The lowest BCUT2D eigenvalue weighted by Gasteiger charge is -2.13. The van der Waals surface area contributed by atoms with E-state index in [1.54, 1.807) is 4.40 Å². The molecule has 152 valence electrons. The van der Waals surface area contributed by atoms with Crippen LogP contribution in [0.15, 0.2) is 78.9 Å². The second kappa shape index (κ2) is 7.79. The average Bonchev–Trinajstić information content (AvgIpc) is 3.23. The Morgan fingerprint density at radius 3 is 2.25 bits per heavy atom. The molecule has 0 spiro atoms. The molecule has 2 N–H and O–H groups in total. The summed E-state index contributed by atoms with van der Waals surface area (Å²) in [7, 11) is 0. The third-order valence-corrected chi connectivity index (χ3v) is 5.40. The molecule has 0 radical (unpaired) electrons. The van der Waals surface area contributed by atoms with Gasteiger partial charge in [-0.1, -0.05) is 54.6 Å². The van der Waals surface area contributed by atoms with E-state index in [1.165, 1.54) is 0 Å². The summed E-state index contributed by atoms with van der Waals surface area (Å²) in [5.41, 5.74) is 11.1. The van der Waals surface area contributed by atoms with Gasteiger partial charge in [-0.25, -0.2) is 4.98 Å². The van der Waals surface area contributed by atoms with E-state index < -0.39 is 0 Å². The van der Waals surface area contributed by atoms with Crippen LogP contribution in [0.3, 0.4) is 0 Å². The monoisotopic (exact) mass is 415 g/mol. The number of nitriles is 2. The van der Waals surface area contributed by atoms with Crippen LogP contribution in [0.2, 0.25) is 0 Å². The van der Waals surface area contributed by atoms with Crippen molar-refractivity contribution in [2.45, 2.75) is 6.61 Å². The molecular formula is C26H17N5O. The second-order valence-electron chi connectivity index (χ2n) is 7.29. The van der Waals surface area contributed by atoms with E-state index in [2.05, 4.69) is 17.1 Å². The SMILES string of the molecule is N#Cc1c(-c2ccc(OCc3ccccc3)cc2)c(C#N)c2nc3ccccc3n2c1N. The van der Waals surface area contributed by atoms with Crippen molar-refractivity contribution in [1.82, 2.24) is 9.38 Å².